The first kappa shape index (κ1) is 19.2. The van der Waals surface area contributed by atoms with E-state index in [4.69, 9.17) is 9.72 Å². The number of methoxy groups -OCH3 is 1. The van der Waals surface area contributed by atoms with E-state index in [1.807, 2.05) is 32.2 Å². The number of hydrogen-bond donors (Lipinski definition) is 0. The Labute approximate surface area is 179 Å². The van der Waals surface area contributed by atoms with Crippen molar-refractivity contribution in [2.24, 2.45) is 0 Å². The summed E-state index contributed by atoms with van der Waals surface area (Å²) in [4.78, 5) is 27.9. The van der Waals surface area contributed by atoms with Crippen LogP contribution in [0, 0.1) is 13.8 Å². The Kier molecular flexibility index (Phi) is 4.62. The maximum absolute atomic E-state index is 12.4. The zero-order chi connectivity index (χ0) is 21.5. The fourth-order valence-corrected chi connectivity index (χ4v) is 4.09. The number of ether oxygens (including phenoxy) is 1. The molecule has 4 aromatic heterocycles. The quantitative estimate of drug-likeness (QED) is 0.509. The van der Waals surface area contributed by atoms with Crippen molar-refractivity contribution >= 4 is 11.5 Å². The molecule has 1 aliphatic rings. The van der Waals surface area contributed by atoms with Crippen molar-refractivity contribution in [2.45, 2.75) is 26.8 Å². The first-order valence-corrected chi connectivity index (χ1v) is 10.1. The van der Waals surface area contributed by atoms with Crippen molar-refractivity contribution in [1.82, 2.24) is 24.6 Å². The molecule has 0 atom stereocenters. The molecule has 0 bridgehead atoms. The van der Waals surface area contributed by atoms with E-state index in [-0.39, 0.29) is 5.56 Å². The summed E-state index contributed by atoms with van der Waals surface area (Å²) in [5, 5.41) is 4.64. The van der Waals surface area contributed by atoms with Crippen LogP contribution in [0.1, 0.15) is 22.5 Å². The number of pyridine rings is 2. The van der Waals surface area contributed by atoms with E-state index >= 15 is 0 Å². The molecule has 1 aliphatic heterocycles. The van der Waals surface area contributed by atoms with Gasteiger partial charge in [-0.05, 0) is 43.2 Å². The van der Waals surface area contributed by atoms with E-state index in [2.05, 4.69) is 26.0 Å². The third-order valence-corrected chi connectivity index (χ3v) is 5.60. The summed E-state index contributed by atoms with van der Waals surface area (Å²) >= 11 is 0. The Hall–Kier alpha value is -3.81. The Morgan fingerprint density at radius 3 is 2.84 bits per heavy atom. The molecule has 0 saturated carbocycles. The summed E-state index contributed by atoms with van der Waals surface area (Å²) in [6.45, 7) is 5.26. The average Bonchev–Trinajstić information content (AvgIpc) is 2.77. The number of nitrogens with zero attached hydrogens (tertiary/aromatic N) is 6. The van der Waals surface area contributed by atoms with Crippen molar-refractivity contribution in [3.63, 3.8) is 0 Å². The molecule has 5 heterocycles. The van der Waals surface area contributed by atoms with Crippen LogP contribution in [-0.4, -0.2) is 38.2 Å². The highest BCUT2D eigenvalue weighted by Gasteiger charge is 2.22. The number of anilines is 1. The molecule has 4 aromatic rings. The molecule has 0 aromatic carbocycles. The van der Waals surface area contributed by atoms with Gasteiger partial charge in [0.1, 0.15) is 5.75 Å². The predicted octanol–water partition coefficient (Wildman–Crippen LogP) is 2.73. The van der Waals surface area contributed by atoms with Crippen molar-refractivity contribution < 1.29 is 4.74 Å². The van der Waals surface area contributed by atoms with Gasteiger partial charge in [0.05, 0.1) is 13.3 Å². The highest BCUT2D eigenvalue weighted by molar-refractivity contribution is 5.70. The smallest absolute Gasteiger partial charge is 0.274 e. The van der Waals surface area contributed by atoms with Gasteiger partial charge in [-0.3, -0.25) is 14.8 Å². The third kappa shape index (κ3) is 3.39. The van der Waals surface area contributed by atoms with Crippen molar-refractivity contribution in [3.05, 3.63) is 75.7 Å². The molecule has 0 saturated heterocycles. The lowest BCUT2D eigenvalue weighted by Crippen LogP contribution is -2.33. The van der Waals surface area contributed by atoms with Crippen LogP contribution >= 0.6 is 0 Å². The van der Waals surface area contributed by atoms with Crippen molar-refractivity contribution in [1.29, 1.82) is 0 Å². The van der Waals surface area contributed by atoms with Crippen LogP contribution in [0.15, 0.2) is 47.7 Å². The Morgan fingerprint density at radius 2 is 2.00 bits per heavy atom. The lowest BCUT2D eigenvalue weighted by molar-refractivity contribution is 0.414. The fourth-order valence-electron chi connectivity index (χ4n) is 4.09. The minimum absolute atomic E-state index is 0.171. The lowest BCUT2D eigenvalue weighted by Gasteiger charge is -2.30. The molecule has 31 heavy (non-hydrogen) atoms. The van der Waals surface area contributed by atoms with E-state index in [9.17, 15) is 4.79 Å². The zero-order valence-corrected chi connectivity index (χ0v) is 17.7. The van der Waals surface area contributed by atoms with Gasteiger partial charge in [-0.1, -0.05) is 0 Å². The number of fused-ring (bicyclic) bond motifs is 2. The van der Waals surface area contributed by atoms with Gasteiger partial charge in [0.15, 0.2) is 11.5 Å². The summed E-state index contributed by atoms with van der Waals surface area (Å²) in [6.07, 6.45) is 6.15. The highest BCUT2D eigenvalue weighted by atomic mass is 16.5. The standard InChI is InChI=1S/C23H22N6O2/c1-14-8-21-26-15(2)9-22(30)29(21)27-23(14)28-7-5-19-17(13-28)10-16(11-25-19)18-4-6-24-12-20(18)31-3/h4,6,8-12H,5,7,13H2,1-3H3. The van der Waals surface area contributed by atoms with Gasteiger partial charge in [0, 0.05) is 60.5 Å². The van der Waals surface area contributed by atoms with Crippen molar-refractivity contribution in [3.8, 4) is 16.9 Å². The van der Waals surface area contributed by atoms with Gasteiger partial charge in [-0.2, -0.15) is 4.52 Å². The molecule has 0 spiro atoms. The van der Waals surface area contributed by atoms with Crippen molar-refractivity contribution in [2.75, 3.05) is 18.6 Å². The third-order valence-electron chi connectivity index (χ3n) is 5.60. The number of aromatic nitrogens is 5. The second-order valence-corrected chi connectivity index (χ2v) is 7.73. The summed E-state index contributed by atoms with van der Waals surface area (Å²) in [6, 6.07) is 7.50. The molecule has 0 aliphatic carbocycles. The molecular formula is C23H22N6O2. The second kappa shape index (κ2) is 7.46. The molecule has 5 rings (SSSR count). The van der Waals surface area contributed by atoms with Gasteiger partial charge in [0.2, 0.25) is 0 Å². The molecule has 0 amide bonds. The molecule has 0 radical (unpaired) electrons. The first-order valence-electron chi connectivity index (χ1n) is 10.1. The van der Waals surface area contributed by atoms with Gasteiger partial charge < -0.3 is 9.64 Å². The number of rotatable bonds is 3. The van der Waals surface area contributed by atoms with E-state index in [1.165, 1.54) is 10.6 Å². The average molecular weight is 414 g/mol. The summed E-state index contributed by atoms with van der Waals surface area (Å²) < 4.78 is 6.84. The molecule has 0 unspecified atom stereocenters. The monoisotopic (exact) mass is 414 g/mol. The number of hydrogen-bond acceptors (Lipinski definition) is 7. The van der Waals surface area contributed by atoms with Gasteiger partial charge in [-0.25, -0.2) is 4.98 Å². The highest BCUT2D eigenvalue weighted by Crippen LogP contribution is 2.32. The van der Waals surface area contributed by atoms with Crippen LogP contribution in [-0.2, 0) is 13.0 Å². The van der Waals surface area contributed by atoms with E-state index in [1.54, 1.807) is 19.5 Å². The van der Waals surface area contributed by atoms with E-state index < -0.39 is 0 Å². The molecule has 0 N–H and O–H groups in total. The lowest BCUT2D eigenvalue weighted by atomic mass is 10.00. The van der Waals surface area contributed by atoms with E-state index in [0.29, 0.717) is 23.6 Å². The SMILES string of the molecule is COc1cnccc1-c1cnc2c(c1)CN(c1nn3c(=O)cc(C)nc3cc1C)CC2. The maximum Gasteiger partial charge on any atom is 0.274 e. The Morgan fingerprint density at radius 1 is 1.13 bits per heavy atom. The second-order valence-electron chi connectivity index (χ2n) is 7.73. The largest absolute Gasteiger partial charge is 0.494 e. The van der Waals surface area contributed by atoms with E-state index in [0.717, 1.165) is 46.7 Å². The first-order chi connectivity index (χ1) is 15.0. The summed E-state index contributed by atoms with van der Waals surface area (Å²) in [5.74, 6) is 1.50. The normalized spacial score (nSPS) is 13.3. The van der Waals surface area contributed by atoms with Crippen LogP contribution in [0.4, 0.5) is 5.82 Å². The van der Waals surface area contributed by atoms with Gasteiger partial charge in [-0.15, -0.1) is 5.10 Å². The molecule has 156 valence electrons. The topological polar surface area (TPSA) is 85.5 Å². The minimum atomic E-state index is -0.171. The molecular weight excluding hydrogens is 392 g/mol. The predicted molar refractivity (Wildman–Crippen MR) is 118 cm³/mol. The Balaban J connectivity index is 1.53. The summed E-state index contributed by atoms with van der Waals surface area (Å²) in [7, 11) is 1.64. The number of aryl methyl sites for hydroxylation is 2. The Bertz CT molecular complexity index is 1360. The molecule has 8 nitrogen and oxygen atoms in total. The molecule has 8 heteroatoms. The minimum Gasteiger partial charge on any atom is -0.494 e. The van der Waals surface area contributed by atoms with Gasteiger partial charge >= 0.3 is 0 Å². The van der Waals surface area contributed by atoms with Crippen LogP contribution in [0.25, 0.3) is 16.8 Å². The summed E-state index contributed by atoms with van der Waals surface area (Å²) in [5.41, 5.74) is 6.24. The fraction of sp³-hybridized carbons (Fsp3) is 0.261. The van der Waals surface area contributed by atoms with Crippen LogP contribution in [0.2, 0.25) is 0 Å². The van der Waals surface area contributed by atoms with Crippen LogP contribution in [0.5, 0.6) is 5.75 Å². The van der Waals surface area contributed by atoms with Gasteiger partial charge in [0.25, 0.3) is 5.56 Å². The molecule has 0 fully saturated rings. The van der Waals surface area contributed by atoms with Crippen LogP contribution < -0.4 is 15.2 Å². The zero-order valence-electron chi connectivity index (χ0n) is 17.7. The van der Waals surface area contributed by atoms with Crippen LogP contribution in [0.3, 0.4) is 0 Å². The maximum atomic E-state index is 12.4.